The minimum Gasteiger partial charge on any atom is -0.406 e. The second-order valence-corrected chi connectivity index (χ2v) is 7.17. The highest BCUT2D eigenvalue weighted by Gasteiger charge is 2.31. The van der Waals surface area contributed by atoms with Crippen molar-refractivity contribution in [3.8, 4) is 5.75 Å². The van der Waals surface area contributed by atoms with Crippen LogP contribution in [0.3, 0.4) is 0 Å². The lowest BCUT2D eigenvalue weighted by Gasteiger charge is -2.36. The molecule has 3 rings (SSSR count). The van der Waals surface area contributed by atoms with Gasteiger partial charge in [0.05, 0.1) is 6.54 Å². The van der Waals surface area contributed by atoms with Gasteiger partial charge in [-0.3, -0.25) is 9.69 Å². The van der Waals surface area contributed by atoms with Gasteiger partial charge in [0, 0.05) is 37.6 Å². The molecule has 1 aliphatic rings. The Balaban J connectivity index is 1.47. The molecule has 0 spiro atoms. The van der Waals surface area contributed by atoms with Gasteiger partial charge in [-0.05, 0) is 49.7 Å². The van der Waals surface area contributed by atoms with Crippen molar-refractivity contribution in [3.05, 3.63) is 53.6 Å². The van der Waals surface area contributed by atoms with E-state index < -0.39 is 6.36 Å². The molecule has 5 nitrogen and oxygen atoms in total. The van der Waals surface area contributed by atoms with E-state index in [9.17, 15) is 18.0 Å². The highest BCUT2D eigenvalue weighted by molar-refractivity contribution is 5.92. The Morgan fingerprint density at radius 3 is 2.28 bits per heavy atom. The van der Waals surface area contributed by atoms with Crippen molar-refractivity contribution in [2.24, 2.45) is 0 Å². The van der Waals surface area contributed by atoms with Crippen molar-refractivity contribution in [1.29, 1.82) is 0 Å². The number of benzene rings is 2. The Hall–Kier alpha value is -2.74. The minimum absolute atomic E-state index is 0.200. The van der Waals surface area contributed by atoms with Crippen molar-refractivity contribution < 1.29 is 22.7 Å². The number of piperazine rings is 1. The molecule has 0 unspecified atom stereocenters. The summed E-state index contributed by atoms with van der Waals surface area (Å²) in [5.41, 5.74) is 4.13. The first kappa shape index (κ1) is 21.0. The summed E-state index contributed by atoms with van der Waals surface area (Å²) in [5, 5.41) is 2.71. The van der Waals surface area contributed by atoms with Crippen LogP contribution in [0.1, 0.15) is 11.1 Å². The molecule has 2 aromatic rings. The highest BCUT2D eigenvalue weighted by atomic mass is 19.4. The average Bonchev–Trinajstić information content (AvgIpc) is 2.63. The number of carbonyl (C=O) groups excluding carboxylic acids is 1. The van der Waals surface area contributed by atoms with E-state index in [1.165, 1.54) is 41.1 Å². The maximum absolute atomic E-state index is 12.3. The number of amides is 1. The molecule has 29 heavy (non-hydrogen) atoms. The summed E-state index contributed by atoms with van der Waals surface area (Å²) >= 11 is 0. The van der Waals surface area contributed by atoms with Crippen molar-refractivity contribution in [3.63, 3.8) is 0 Å². The van der Waals surface area contributed by atoms with Crippen LogP contribution in [-0.2, 0) is 4.79 Å². The standard InChI is InChI=1S/C21H24F3N3O2/c1-15-3-8-19(16(2)13-15)27-11-9-26(10-12-27)14-20(28)25-17-4-6-18(7-5-17)29-21(22,23)24/h3-8,13H,9-12,14H2,1-2H3,(H,25,28). The lowest BCUT2D eigenvalue weighted by molar-refractivity contribution is -0.274. The Kier molecular flexibility index (Phi) is 6.32. The second-order valence-electron chi connectivity index (χ2n) is 7.17. The predicted molar refractivity (Wildman–Crippen MR) is 106 cm³/mol. The number of alkyl halides is 3. The molecule has 1 N–H and O–H groups in total. The summed E-state index contributed by atoms with van der Waals surface area (Å²) < 4.78 is 40.4. The number of nitrogens with one attached hydrogen (secondary N) is 1. The normalized spacial score (nSPS) is 15.3. The van der Waals surface area contributed by atoms with Gasteiger partial charge in [0.15, 0.2) is 0 Å². The van der Waals surface area contributed by atoms with Crippen molar-refractivity contribution in [1.82, 2.24) is 4.90 Å². The maximum Gasteiger partial charge on any atom is 0.573 e. The van der Waals surface area contributed by atoms with Gasteiger partial charge in [-0.1, -0.05) is 17.7 Å². The van der Waals surface area contributed by atoms with Crippen molar-refractivity contribution >= 4 is 17.3 Å². The molecular formula is C21H24F3N3O2. The molecule has 2 aromatic carbocycles. The van der Waals surface area contributed by atoms with Crippen LogP contribution >= 0.6 is 0 Å². The highest BCUT2D eigenvalue weighted by Crippen LogP contribution is 2.24. The molecular weight excluding hydrogens is 383 g/mol. The monoisotopic (exact) mass is 407 g/mol. The number of hydrogen-bond donors (Lipinski definition) is 1. The molecule has 8 heteroatoms. The van der Waals surface area contributed by atoms with Crippen LogP contribution in [0, 0.1) is 13.8 Å². The van der Waals surface area contributed by atoms with Gasteiger partial charge in [-0.2, -0.15) is 0 Å². The van der Waals surface area contributed by atoms with E-state index in [1.807, 2.05) is 0 Å². The zero-order chi connectivity index (χ0) is 21.0. The first-order chi connectivity index (χ1) is 13.7. The van der Waals surface area contributed by atoms with Gasteiger partial charge in [-0.15, -0.1) is 13.2 Å². The minimum atomic E-state index is -4.73. The van der Waals surface area contributed by atoms with Crippen LogP contribution in [-0.4, -0.2) is 49.9 Å². The molecule has 156 valence electrons. The number of ether oxygens (including phenoxy) is 1. The van der Waals surface area contributed by atoms with E-state index in [-0.39, 0.29) is 18.2 Å². The van der Waals surface area contributed by atoms with Crippen LogP contribution in [0.5, 0.6) is 5.75 Å². The molecule has 0 radical (unpaired) electrons. The third-order valence-corrected chi connectivity index (χ3v) is 4.80. The summed E-state index contributed by atoms with van der Waals surface area (Å²) in [6.07, 6.45) is -4.73. The molecule has 0 bridgehead atoms. The largest absolute Gasteiger partial charge is 0.573 e. The van der Waals surface area contributed by atoms with Gasteiger partial charge in [-0.25, -0.2) is 0 Å². The SMILES string of the molecule is Cc1ccc(N2CCN(CC(=O)Nc3ccc(OC(F)(F)F)cc3)CC2)c(C)c1. The number of halogens is 3. The van der Waals surface area contributed by atoms with Crippen LogP contribution in [0.4, 0.5) is 24.5 Å². The summed E-state index contributed by atoms with van der Waals surface area (Å²) in [4.78, 5) is 16.6. The zero-order valence-corrected chi connectivity index (χ0v) is 16.4. The van der Waals surface area contributed by atoms with Crippen LogP contribution < -0.4 is 15.0 Å². The number of hydrogen-bond acceptors (Lipinski definition) is 4. The van der Waals surface area contributed by atoms with E-state index in [0.717, 1.165) is 26.2 Å². The first-order valence-electron chi connectivity index (χ1n) is 9.40. The second kappa shape index (κ2) is 8.73. The molecule has 0 saturated carbocycles. The van der Waals surface area contributed by atoms with E-state index in [1.54, 1.807) is 0 Å². The van der Waals surface area contributed by atoms with Crippen LogP contribution in [0.25, 0.3) is 0 Å². The van der Waals surface area contributed by atoms with Gasteiger partial charge >= 0.3 is 6.36 Å². The van der Waals surface area contributed by atoms with Gasteiger partial charge in [0.1, 0.15) is 5.75 Å². The number of anilines is 2. The Labute approximate surface area is 168 Å². The quantitative estimate of drug-likeness (QED) is 0.815. The fourth-order valence-electron chi connectivity index (χ4n) is 3.45. The summed E-state index contributed by atoms with van der Waals surface area (Å²) in [6.45, 7) is 7.61. The Morgan fingerprint density at radius 2 is 1.69 bits per heavy atom. The smallest absolute Gasteiger partial charge is 0.406 e. The van der Waals surface area contributed by atoms with Crippen molar-refractivity contribution in [2.45, 2.75) is 20.2 Å². The maximum atomic E-state index is 12.3. The van der Waals surface area contributed by atoms with E-state index in [4.69, 9.17) is 0 Å². The third-order valence-electron chi connectivity index (χ3n) is 4.80. The van der Waals surface area contributed by atoms with Crippen LogP contribution in [0.15, 0.2) is 42.5 Å². The average molecular weight is 407 g/mol. The van der Waals surface area contributed by atoms with E-state index in [2.05, 4.69) is 51.9 Å². The van der Waals surface area contributed by atoms with Crippen molar-refractivity contribution in [2.75, 3.05) is 42.9 Å². The molecule has 1 aliphatic heterocycles. The Morgan fingerprint density at radius 1 is 1.03 bits per heavy atom. The molecule has 0 atom stereocenters. The molecule has 1 heterocycles. The Bertz CT molecular complexity index is 845. The zero-order valence-electron chi connectivity index (χ0n) is 16.4. The van der Waals surface area contributed by atoms with Gasteiger partial charge in [0.25, 0.3) is 0 Å². The number of rotatable bonds is 5. The molecule has 1 saturated heterocycles. The molecule has 0 aromatic heterocycles. The number of carbonyl (C=O) groups is 1. The summed E-state index contributed by atoms with van der Waals surface area (Å²) in [7, 11) is 0. The van der Waals surface area contributed by atoms with Crippen LogP contribution in [0.2, 0.25) is 0 Å². The fourth-order valence-corrected chi connectivity index (χ4v) is 3.45. The van der Waals surface area contributed by atoms with Gasteiger partial charge in [0.2, 0.25) is 5.91 Å². The first-order valence-corrected chi connectivity index (χ1v) is 9.40. The third kappa shape index (κ3) is 6.12. The lowest BCUT2D eigenvalue weighted by atomic mass is 10.1. The molecule has 1 amide bonds. The summed E-state index contributed by atoms with van der Waals surface area (Å²) in [5.74, 6) is -0.521. The molecule has 0 aliphatic carbocycles. The predicted octanol–water partition coefficient (Wildman–Crippen LogP) is 3.96. The fraction of sp³-hybridized carbons (Fsp3) is 0.381. The lowest BCUT2D eigenvalue weighted by Crippen LogP contribution is -2.48. The topological polar surface area (TPSA) is 44.8 Å². The number of aryl methyl sites for hydroxylation is 2. The number of nitrogens with zero attached hydrogens (tertiary/aromatic N) is 2. The van der Waals surface area contributed by atoms with E-state index in [0.29, 0.717) is 5.69 Å². The van der Waals surface area contributed by atoms with Gasteiger partial charge < -0.3 is 15.0 Å². The summed E-state index contributed by atoms with van der Waals surface area (Å²) in [6, 6.07) is 11.5. The molecule has 1 fully saturated rings. The van der Waals surface area contributed by atoms with E-state index >= 15 is 0 Å².